The Balaban J connectivity index is 1.94. The Kier molecular flexibility index (Phi) is 2.72. The minimum atomic E-state index is 0.189. The molecule has 94 valence electrons. The Morgan fingerprint density at radius 3 is 2.83 bits per heavy atom. The number of aromatic nitrogens is 2. The van der Waals surface area contributed by atoms with Gasteiger partial charge in [0.1, 0.15) is 10.8 Å². The van der Waals surface area contributed by atoms with E-state index < -0.39 is 0 Å². The lowest BCUT2D eigenvalue weighted by Crippen LogP contribution is -2.05. The summed E-state index contributed by atoms with van der Waals surface area (Å²) in [7, 11) is 0. The Labute approximate surface area is 113 Å². The van der Waals surface area contributed by atoms with E-state index in [2.05, 4.69) is 5.10 Å². The number of ether oxygens (including phenoxy) is 2. The molecule has 3 rings (SSSR count). The van der Waals surface area contributed by atoms with Crippen molar-refractivity contribution in [3.05, 3.63) is 33.9 Å². The van der Waals surface area contributed by atoms with Crippen molar-refractivity contribution in [1.82, 2.24) is 9.78 Å². The first-order chi connectivity index (χ1) is 8.65. The normalized spacial score (nSPS) is 13.0. The Morgan fingerprint density at radius 1 is 1.28 bits per heavy atom. The van der Waals surface area contributed by atoms with Crippen LogP contribution in [-0.2, 0) is 6.54 Å². The van der Waals surface area contributed by atoms with Crippen molar-refractivity contribution in [2.75, 3.05) is 12.5 Å². The average Bonchev–Trinajstić information content (AvgIpc) is 2.91. The molecule has 7 heteroatoms. The van der Waals surface area contributed by atoms with Crippen LogP contribution in [0.4, 0.5) is 5.82 Å². The van der Waals surface area contributed by atoms with Crippen LogP contribution in [0, 0.1) is 0 Å². The molecule has 0 aliphatic carbocycles. The number of halogens is 2. The third-order valence-electron chi connectivity index (χ3n) is 2.65. The number of fused-ring (bicyclic) bond motifs is 1. The first-order valence-corrected chi connectivity index (χ1v) is 5.95. The molecule has 5 nitrogen and oxygen atoms in total. The lowest BCUT2D eigenvalue weighted by molar-refractivity contribution is 0.174. The third kappa shape index (κ3) is 1.85. The van der Waals surface area contributed by atoms with Crippen LogP contribution in [-0.4, -0.2) is 16.6 Å². The Hall–Kier alpha value is -1.59. The zero-order chi connectivity index (χ0) is 12.7. The molecule has 0 amide bonds. The van der Waals surface area contributed by atoms with Crippen molar-refractivity contribution in [3.63, 3.8) is 0 Å². The summed E-state index contributed by atoms with van der Waals surface area (Å²) >= 11 is 11.9. The van der Waals surface area contributed by atoms with Crippen molar-refractivity contribution in [2.24, 2.45) is 0 Å². The molecule has 18 heavy (non-hydrogen) atoms. The van der Waals surface area contributed by atoms with Crippen molar-refractivity contribution >= 4 is 29.0 Å². The molecule has 1 aliphatic rings. The SMILES string of the molecule is Nc1c(Cl)cnn1Cc1cc(Cl)c2c(c1)OCO2. The van der Waals surface area contributed by atoms with Crippen LogP contribution in [0.2, 0.25) is 10.0 Å². The molecule has 0 spiro atoms. The average molecular weight is 286 g/mol. The fourth-order valence-corrected chi connectivity index (χ4v) is 2.21. The maximum absolute atomic E-state index is 6.09. The molecule has 0 unspecified atom stereocenters. The standard InChI is InChI=1S/C11H9Cl2N3O2/c12-7-1-6(2-9-10(7)18-5-17-9)4-16-11(14)8(13)3-15-16/h1-3H,4-5,14H2. The maximum Gasteiger partial charge on any atom is 0.231 e. The zero-order valence-electron chi connectivity index (χ0n) is 9.19. The Morgan fingerprint density at radius 2 is 2.11 bits per heavy atom. The molecule has 0 fully saturated rings. The zero-order valence-corrected chi connectivity index (χ0v) is 10.7. The number of nitrogen functional groups attached to an aromatic ring is 1. The van der Waals surface area contributed by atoms with Crippen LogP contribution < -0.4 is 15.2 Å². The van der Waals surface area contributed by atoms with Gasteiger partial charge in [-0.3, -0.25) is 0 Å². The van der Waals surface area contributed by atoms with Crippen molar-refractivity contribution < 1.29 is 9.47 Å². The summed E-state index contributed by atoms with van der Waals surface area (Å²) in [6.45, 7) is 0.656. The second-order valence-electron chi connectivity index (χ2n) is 3.85. The van der Waals surface area contributed by atoms with E-state index in [1.54, 1.807) is 10.7 Å². The van der Waals surface area contributed by atoms with Gasteiger partial charge in [0.2, 0.25) is 6.79 Å². The van der Waals surface area contributed by atoms with Gasteiger partial charge < -0.3 is 15.2 Å². The number of hydrogen-bond donors (Lipinski definition) is 1. The number of hydrogen-bond acceptors (Lipinski definition) is 4. The van der Waals surface area contributed by atoms with E-state index in [-0.39, 0.29) is 6.79 Å². The van der Waals surface area contributed by atoms with Crippen molar-refractivity contribution in [2.45, 2.75) is 6.54 Å². The molecule has 2 aromatic rings. The van der Waals surface area contributed by atoms with Crippen LogP contribution in [0.3, 0.4) is 0 Å². The topological polar surface area (TPSA) is 62.3 Å². The van der Waals surface area contributed by atoms with Crippen LogP contribution in [0.25, 0.3) is 0 Å². The highest BCUT2D eigenvalue weighted by atomic mass is 35.5. The first-order valence-electron chi connectivity index (χ1n) is 5.20. The van der Waals surface area contributed by atoms with Gasteiger partial charge in [-0.25, -0.2) is 4.68 Å². The number of anilines is 1. The second kappa shape index (κ2) is 4.26. The highest BCUT2D eigenvalue weighted by Gasteiger charge is 2.18. The molecule has 2 N–H and O–H groups in total. The lowest BCUT2D eigenvalue weighted by Gasteiger charge is -2.07. The van der Waals surface area contributed by atoms with Crippen molar-refractivity contribution in [1.29, 1.82) is 0 Å². The van der Waals surface area contributed by atoms with E-state index in [1.807, 2.05) is 6.07 Å². The summed E-state index contributed by atoms with van der Waals surface area (Å²) in [5, 5.41) is 5.02. The van der Waals surface area contributed by atoms with Crippen LogP contribution in [0.1, 0.15) is 5.56 Å². The predicted octanol–water partition coefficient (Wildman–Crippen LogP) is 2.55. The number of rotatable bonds is 2. The molecule has 0 saturated carbocycles. The minimum absolute atomic E-state index is 0.189. The van der Waals surface area contributed by atoms with Gasteiger partial charge in [-0.1, -0.05) is 23.2 Å². The molecular weight excluding hydrogens is 277 g/mol. The van der Waals surface area contributed by atoms with Crippen LogP contribution >= 0.6 is 23.2 Å². The first kappa shape index (κ1) is 11.5. The molecule has 1 aromatic carbocycles. The fraction of sp³-hybridized carbons (Fsp3) is 0.182. The van der Waals surface area contributed by atoms with Gasteiger partial charge in [0, 0.05) is 0 Å². The Bertz CT molecular complexity index is 613. The van der Waals surface area contributed by atoms with Gasteiger partial charge in [-0.05, 0) is 17.7 Å². The summed E-state index contributed by atoms with van der Waals surface area (Å²) in [5.41, 5.74) is 6.69. The minimum Gasteiger partial charge on any atom is -0.454 e. The smallest absolute Gasteiger partial charge is 0.231 e. The van der Waals surface area contributed by atoms with Gasteiger partial charge in [-0.2, -0.15) is 5.10 Å². The van der Waals surface area contributed by atoms with Gasteiger partial charge in [0.05, 0.1) is 17.8 Å². The number of nitrogens with zero attached hydrogens (tertiary/aromatic N) is 2. The van der Waals surface area contributed by atoms with Crippen molar-refractivity contribution in [3.8, 4) is 11.5 Å². The molecule has 0 radical (unpaired) electrons. The van der Waals surface area contributed by atoms with Gasteiger partial charge in [0.25, 0.3) is 0 Å². The highest BCUT2D eigenvalue weighted by molar-refractivity contribution is 6.33. The molecule has 1 aromatic heterocycles. The number of benzene rings is 1. The summed E-state index contributed by atoms with van der Waals surface area (Å²) in [5.74, 6) is 1.63. The van der Waals surface area contributed by atoms with E-state index in [0.717, 1.165) is 5.56 Å². The van der Waals surface area contributed by atoms with Gasteiger partial charge >= 0.3 is 0 Å². The van der Waals surface area contributed by atoms with Crippen LogP contribution in [0.5, 0.6) is 11.5 Å². The molecule has 2 heterocycles. The molecule has 0 atom stereocenters. The fourth-order valence-electron chi connectivity index (χ4n) is 1.78. The largest absolute Gasteiger partial charge is 0.454 e. The van der Waals surface area contributed by atoms with Gasteiger partial charge in [-0.15, -0.1) is 0 Å². The second-order valence-corrected chi connectivity index (χ2v) is 4.66. The summed E-state index contributed by atoms with van der Waals surface area (Å²) in [6.07, 6.45) is 1.51. The predicted molar refractivity (Wildman–Crippen MR) is 68.3 cm³/mol. The van der Waals surface area contributed by atoms with E-state index in [9.17, 15) is 0 Å². The van der Waals surface area contributed by atoms with Crippen LogP contribution in [0.15, 0.2) is 18.3 Å². The summed E-state index contributed by atoms with van der Waals surface area (Å²) in [4.78, 5) is 0. The third-order valence-corrected chi connectivity index (χ3v) is 3.22. The molecule has 0 bridgehead atoms. The summed E-state index contributed by atoms with van der Waals surface area (Å²) in [6, 6.07) is 3.65. The lowest BCUT2D eigenvalue weighted by atomic mass is 10.2. The van der Waals surface area contributed by atoms with E-state index in [0.29, 0.717) is 33.9 Å². The molecule has 0 saturated heterocycles. The van der Waals surface area contributed by atoms with E-state index in [4.69, 9.17) is 38.4 Å². The quantitative estimate of drug-likeness (QED) is 0.921. The molecule has 1 aliphatic heterocycles. The monoisotopic (exact) mass is 285 g/mol. The van der Waals surface area contributed by atoms with E-state index in [1.165, 1.54) is 6.20 Å². The van der Waals surface area contributed by atoms with E-state index >= 15 is 0 Å². The number of nitrogens with two attached hydrogens (primary N) is 1. The maximum atomic E-state index is 6.09. The highest BCUT2D eigenvalue weighted by Crippen LogP contribution is 2.40. The molecular formula is C11H9Cl2N3O2. The van der Waals surface area contributed by atoms with Gasteiger partial charge in [0.15, 0.2) is 11.5 Å². The summed E-state index contributed by atoms with van der Waals surface area (Å²) < 4.78 is 12.1.